The van der Waals surface area contributed by atoms with E-state index in [1.54, 1.807) is 25.1 Å². The molecule has 0 radical (unpaired) electrons. The van der Waals surface area contributed by atoms with Crippen molar-refractivity contribution in [1.29, 1.82) is 0 Å². The lowest BCUT2D eigenvalue weighted by atomic mass is 10.2. The number of rotatable bonds is 4. The van der Waals surface area contributed by atoms with Gasteiger partial charge in [-0.1, -0.05) is 12.6 Å². The third kappa shape index (κ3) is 2.53. The molecule has 1 aromatic rings. The van der Waals surface area contributed by atoms with Gasteiger partial charge in [-0.05, 0) is 19.1 Å². The van der Waals surface area contributed by atoms with Gasteiger partial charge in [-0.15, -0.1) is 0 Å². The Bertz CT molecular complexity index is 390. The van der Waals surface area contributed by atoms with Crippen molar-refractivity contribution in [2.75, 3.05) is 19.5 Å². The normalized spacial score (nSPS) is 9.44. The highest BCUT2D eigenvalue weighted by molar-refractivity contribution is 6.04. The van der Waals surface area contributed by atoms with Crippen LogP contribution in [0.15, 0.2) is 30.4 Å². The summed E-state index contributed by atoms with van der Waals surface area (Å²) in [5.74, 6) is 0.839. The van der Waals surface area contributed by atoms with Gasteiger partial charge in [0, 0.05) is 5.57 Å². The average molecular weight is 221 g/mol. The van der Waals surface area contributed by atoms with Gasteiger partial charge in [0.1, 0.15) is 17.2 Å². The molecule has 0 fully saturated rings. The van der Waals surface area contributed by atoms with Crippen molar-refractivity contribution in [1.82, 2.24) is 0 Å². The highest BCUT2D eigenvalue weighted by atomic mass is 16.5. The van der Waals surface area contributed by atoms with Crippen molar-refractivity contribution >= 4 is 11.6 Å². The highest BCUT2D eigenvalue weighted by Gasteiger charge is 2.12. The molecule has 0 aliphatic heterocycles. The summed E-state index contributed by atoms with van der Waals surface area (Å²) in [5.41, 5.74) is 0.938. The first kappa shape index (κ1) is 12.1. The first-order valence-electron chi connectivity index (χ1n) is 4.78. The van der Waals surface area contributed by atoms with Crippen LogP contribution in [0.3, 0.4) is 0 Å². The van der Waals surface area contributed by atoms with Gasteiger partial charge < -0.3 is 14.8 Å². The molecule has 0 aliphatic rings. The van der Waals surface area contributed by atoms with Crippen LogP contribution < -0.4 is 14.8 Å². The Morgan fingerprint density at radius 2 is 1.75 bits per heavy atom. The zero-order chi connectivity index (χ0) is 12.1. The van der Waals surface area contributed by atoms with E-state index in [-0.39, 0.29) is 5.91 Å². The Morgan fingerprint density at radius 1 is 1.25 bits per heavy atom. The van der Waals surface area contributed by atoms with E-state index in [0.29, 0.717) is 22.8 Å². The van der Waals surface area contributed by atoms with E-state index in [1.165, 1.54) is 14.2 Å². The Labute approximate surface area is 94.9 Å². The molecule has 0 atom stereocenters. The van der Waals surface area contributed by atoms with Crippen LogP contribution in [-0.4, -0.2) is 20.1 Å². The third-order valence-electron chi connectivity index (χ3n) is 2.05. The third-order valence-corrected chi connectivity index (χ3v) is 2.05. The molecule has 0 unspecified atom stereocenters. The number of anilines is 1. The monoisotopic (exact) mass is 221 g/mol. The summed E-state index contributed by atoms with van der Waals surface area (Å²) < 4.78 is 10.3. The molecule has 1 N–H and O–H groups in total. The second-order valence-electron chi connectivity index (χ2n) is 3.27. The lowest BCUT2D eigenvalue weighted by Gasteiger charge is -2.13. The fraction of sp³-hybridized carbons (Fsp3) is 0.250. The minimum atomic E-state index is -0.261. The molecule has 0 saturated carbocycles. The Hall–Kier alpha value is -1.97. The number of benzene rings is 1. The zero-order valence-electron chi connectivity index (χ0n) is 9.66. The summed E-state index contributed by atoms with van der Waals surface area (Å²) >= 11 is 0. The van der Waals surface area contributed by atoms with E-state index >= 15 is 0 Å². The molecule has 1 aromatic carbocycles. The van der Waals surface area contributed by atoms with E-state index in [9.17, 15) is 4.79 Å². The van der Waals surface area contributed by atoms with Crippen LogP contribution in [0.1, 0.15) is 6.92 Å². The second-order valence-corrected chi connectivity index (χ2v) is 3.27. The second kappa shape index (κ2) is 5.21. The molecule has 1 amide bonds. The predicted octanol–water partition coefficient (Wildman–Crippen LogP) is 2.22. The Balaban J connectivity index is 3.09. The average Bonchev–Trinajstić information content (AvgIpc) is 2.29. The molecular formula is C12H15NO3. The Morgan fingerprint density at radius 3 is 2.12 bits per heavy atom. The fourth-order valence-corrected chi connectivity index (χ4v) is 1.19. The van der Waals surface area contributed by atoms with Crippen LogP contribution in [0, 0.1) is 0 Å². The van der Waals surface area contributed by atoms with Gasteiger partial charge in [-0.2, -0.15) is 0 Å². The van der Waals surface area contributed by atoms with Crippen molar-refractivity contribution in [3.05, 3.63) is 30.4 Å². The van der Waals surface area contributed by atoms with Crippen molar-refractivity contribution in [3.63, 3.8) is 0 Å². The van der Waals surface area contributed by atoms with Gasteiger partial charge in [0.15, 0.2) is 0 Å². The lowest BCUT2D eigenvalue weighted by molar-refractivity contribution is -0.112. The smallest absolute Gasteiger partial charge is 0.250 e. The minimum Gasteiger partial charge on any atom is -0.494 e. The maximum Gasteiger partial charge on any atom is 0.250 e. The van der Waals surface area contributed by atoms with Crippen molar-refractivity contribution in [2.24, 2.45) is 0 Å². The molecule has 0 saturated heterocycles. The van der Waals surface area contributed by atoms with Gasteiger partial charge in [0.2, 0.25) is 0 Å². The SMILES string of the molecule is C=C(C)C(=O)Nc1c(OC)cccc1OC. The standard InChI is InChI=1S/C12H15NO3/c1-8(2)12(14)13-11-9(15-3)6-5-7-10(11)16-4/h5-7H,1H2,2-4H3,(H,13,14). The molecule has 0 aromatic heterocycles. The van der Waals surface area contributed by atoms with Crippen LogP contribution in [0.2, 0.25) is 0 Å². The highest BCUT2D eigenvalue weighted by Crippen LogP contribution is 2.34. The lowest BCUT2D eigenvalue weighted by Crippen LogP contribution is -2.13. The maximum atomic E-state index is 11.5. The molecule has 0 spiro atoms. The van der Waals surface area contributed by atoms with Gasteiger partial charge in [-0.25, -0.2) is 0 Å². The van der Waals surface area contributed by atoms with Crippen molar-refractivity contribution in [3.8, 4) is 11.5 Å². The molecule has 86 valence electrons. The van der Waals surface area contributed by atoms with E-state index in [2.05, 4.69) is 11.9 Å². The first-order chi connectivity index (χ1) is 7.60. The summed E-state index contributed by atoms with van der Waals surface area (Å²) in [6.45, 7) is 5.20. The minimum absolute atomic E-state index is 0.261. The van der Waals surface area contributed by atoms with Crippen LogP contribution in [0.25, 0.3) is 0 Å². The fourth-order valence-electron chi connectivity index (χ4n) is 1.19. The molecule has 4 heteroatoms. The zero-order valence-corrected chi connectivity index (χ0v) is 9.66. The number of nitrogens with one attached hydrogen (secondary N) is 1. The van der Waals surface area contributed by atoms with Crippen LogP contribution in [0.5, 0.6) is 11.5 Å². The molecule has 0 bridgehead atoms. The predicted molar refractivity (Wildman–Crippen MR) is 63.0 cm³/mol. The maximum absolute atomic E-state index is 11.5. The van der Waals surface area contributed by atoms with E-state index in [4.69, 9.17) is 9.47 Å². The largest absolute Gasteiger partial charge is 0.494 e. The van der Waals surface area contributed by atoms with E-state index in [0.717, 1.165) is 0 Å². The van der Waals surface area contributed by atoms with Crippen molar-refractivity contribution in [2.45, 2.75) is 6.92 Å². The molecule has 0 heterocycles. The summed E-state index contributed by atoms with van der Waals surface area (Å²) in [6, 6.07) is 5.28. The number of carbonyl (C=O) groups excluding carboxylic acids is 1. The number of methoxy groups -OCH3 is 2. The Kier molecular flexibility index (Phi) is 3.94. The molecule has 16 heavy (non-hydrogen) atoms. The first-order valence-corrected chi connectivity index (χ1v) is 4.78. The molecule has 0 aliphatic carbocycles. The van der Waals surface area contributed by atoms with Crippen LogP contribution in [0.4, 0.5) is 5.69 Å². The summed E-state index contributed by atoms with van der Waals surface area (Å²) in [5, 5.41) is 2.69. The van der Waals surface area contributed by atoms with Gasteiger partial charge in [-0.3, -0.25) is 4.79 Å². The van der Waals surface area contributed by atoms with Gasteiger partial charge in [0.05, 0.1) is 14.2 Å². The van der Waals surface area contributed by atoms with Gasteiger partial charge >= 0.3 is 0 Å². The van der Waals surface area contributed by atoms with Crippen molar-refractivity contribution < 1.29 is 14.3 Å². The van der Waals surface area contributed by atoms with Gasteiger partial charge in [0.25, 0.3) is 5.91 Å². The number of hydrogen-bond donors (Lipinski definition) is 1. The van der Waals surface area contributed by atoms with Crippen LogP contribution in [-0.2, 0) is 4.79 Å². The molecule has 4 nitrogen and oxygen atoms in total. The summed E-state index contributed by atoms with van der Waals surface area (Å²) in [4.78, 5) is 11.5. The molecular weight excluding hydrogens is 206 g/mol. The summed E-state index contributed by atoms with van der Waals surface area (Å²) in [6.07, 6.45) is 0. The van der Waals surface area contributed by atoms with E-state index < -0.39 is 0 Å². The number of para-hydroxylation sites is 1. The number of ether oxygens (including phenoxy) is 2. The summed E-state index contributed by atoms with van der Waals surface area (Å²) in [7, 11) is 3.07. The number of carbonyl (C=O) groups is 1. The quantitative estimate of drug-likeness (QED) is 0.793. The topological polar surface area (TPSA) is 47.6 Å². The van der Waals surface area contributed by atoms with E-state index in [1.807, 2.05) is 0 Å². The van der Waals surface area contributed by atoms with Crippen LogP contribution >= 0.6 is 0 Å². The number of amides is 1. The number of hydrogen-bond acceptors (Lipinski definition) is 3. The molecule has 1 rings (SSSR count).